The van der Waals surface area contributed by atoms with E-state index >= 15 is 0 Å². The maximum Gasteiger partial charge on any atom is 0.0541 e. The average molecular weight is 413 g/mol. The van der Waals surface area contributed by atoms with Crippen molar-refractivity contribution in [1.29, 1.82) is 0 Å². The van der Waals surface area contributed by atoms with Gasteiger partial charge in [-0.15, -0.1) is 0 Å². The highest BCUT2D eigenvalue weighted by molar-refractivity contribution is 6.09. The third-order valence-electron chi connectivity index (χ3n) is 6.51. The molecule has 0 aliphatic carbocycles. The Labute approximate surface area is 187 Å². The summed E-state index contributed by atoms with van der Waals surface area (Å²) in [5.74, 6) is 0. The Morgan fingerprint density at radius 1 is 0.594 bits per heavy atom. The number of rotatable bonds is 3. The molecule has 6 aromatic rings. The van der Waals surface area contributed by atoms with Crippen molar-refractivity contribution in [1.82, 2.24) is 9.13 Å². The molecule has 6 rings (SSSR count). The average Bonchev–Trinajstić information content (AvgIpc) is 3.31. The third-order valence-corrected chi connectivity index (χ3v) is 6.51. The van der Waals surface area contributed by atoms with Gasteiger partial charge >= 0.3 is 0 Å². The van der Waals surface area contributed by atoms with E-state index in [9.17, 15) is 0 Å². The summed E-state index contributed by atoms with van der Waals surface area (Å²) < 4.78 is 4.72. The zero-order valence-electron chi connectivity index (χ0n) is 18.3. The summed E-state index contributed by atoms with van der Waals surface area (Å²) in [6.07, 6.45) is 1.97. The van der Waals surface area contributed by atoms with Gasteiger partial charge in [-0.2, -0.15) is 0 Å². The van der Waals surface area contributed by atoms with Gasteiger partial charge in [0, 0.05) is 33.2 Å². The van der Waals surface area contributed by atoms with Crippen molar-refractivity contribution in [2.24, 2.45) is 0 Å². The van der Waals surface area contributed by atoms with Crippen molar-refractivity contribution in [2.75, 3.05) is 0 Å². The van der Waals surface area contributed by atoms with Crippen LogP contribution in [0.1, 0.15) is 16.8 Å². The monoisotopic (exact) mass is 412 g/mol. The van der Waals surface area contributed by atoms with Gasteiger partial charge in [0.2, 0.25) is 0 Å². The molecule has 2 heteroatoms. The van der Waals surface area contributed by atoms with Gasteiger partial charge in [-0.1, -0.05) is 61.2 Å². The van der Waals surface area contributed by atoms with E-state index in [1.165, 1.54) is 49.5 Å². The van der Waals surface area contributed by atoms with Crippen LogP contribution in [0.4, 0.5) is 0 Å². The number of para-hydroxylation sites is 3. The van der Waals surface area contributed by atoms with Gasteiger partial charge < -0.3 is 9.13 Å². The molecular weight excluding hydrogens is 388 g/mol. The number of hydrogen-bond donors (Lipinski definition) is 0. The molecule has 32 heavy (non-hydrogen) atoms. The summed E-state index contributed by atoms with van der Waals surface area (Å²) >= 11 is 0. The van der Waals surface area contributed by atoms with Crippen LogP contribution in [0.3, 0.4) is 0 Å². The van der Waals surface area contributed by atoms with Gasteiger partial charge in [-0.3, -0.25) is 0 Å². The van der Waals surface area contributed by atoms with Crippen molar-refractivity contribution >= 4 is 38.8 Å². The molecule has 0 radical (unpaired) electrons. The molecule has 0 aliphatic rings. The van der Waals surface area contributed by atoms with E-state index in [4.69, 9.17) is 0 Å². The standard InChI is InChI=1S/C30H24N2/c1-4-27-21(3)24-11-5-8-14-28(24)31(27)22-17-20(2)18-23(19-22)32-29-15-9-6-12-25(29)26-13-7-10-16-30(26)32/h4-19H,1H2,2-3H3. The molecule has 0 aliphatic heterocycles. The van der Waals surface area contributed by atoms with Gasteiger partial charge in [0.1, 0.15) is 0 Å². The molecule has 0 fully saturated rings. The van der Waals surface area contributed by atoms with E-state index in [-0.39, 0.29) is 0 Å². The van der Waals surface area contributed by atoms with E-state index in [0.29, 0.717) is 0 Å². The summed E-state index contributed by atoms with van der Waals surface area (Å²) in [6.45, 7) is 8.48. The second-order valence-corrected chi connectivity index (χ2v) is 8.46. The molecule has 0 amide bonds. The van der Waals surface area contributed by atoms with Gasteiger partial charge in [0.25, 0.3) is 0 Å². The number of benzene rings is 4. The van der Waals surface area contributed by atoms with Crippen molar-refractivity contribution in [3.63, 3.8) is 0 Å². The molecule has 0 atom stereocenters. The molecule has 154 valence electrons. The first-order valence-corrected chi connectivity index (χ1v) is 11.0. The van der Waals surface area contributed by atoms with E-state index in [1.807, 2.05) is 6.08 Å². The Bertz CT molecular complexity index is 1610. The highest BCUT2D eigenvalue weighted by Crippen LogP contribution is 2.35. The van der Waals surface area contributed by atoms with Gasteiger partial charge in [-0.05, 0) is 67.4 Å². The largest absolute Gasteiger partial charge is 0.310 e. The first kappa shape index (κ1) is 18.7. The topological polar surface area (TPSA) is 9.86 Å². The maximum atomic E-state index is 4.12. The SMILES string of the molecule is C=Cc1c(C)c2ccccc2n1-c1cc(C)cc(-n2c3ccccc3c3ccccc32)c1. The summed E-state index contributed by atoms with van der Waals surface area (Å²) in [6, 6.07) is 32.7. The van der Waals surface area contributed by atoms with Crippen LogP contribution in [-0.2, 0) is 0 Å². The van der Waals surface area contributed by atoms with Crippen LogP contribution in [0.25, 0.3) is 50.2 Å². The van der Waals surface area contributed by atoms with Crippen LogP contribution < -0.4 is 0 Å². The van der Waals surface area contributed by atoms with E-state index in [0.717, 1.165) is 11.4 Å². The molecule has 0 N–H and O–H groups in total. The summed E-state index contributed by atoms with van der Waals surface area (Å²) in [5, 5.41) is 3.82. The van der Waals surface area contributed by atoms with Crippen LogP contribution in [-0.4, -0.2) is 9.13 Å². The fourth-order valence-corrected chi connectivity index (χ4v) is 5.15. The summed E-state index contributed by atoms with van der Waals surface area (Å²) in [7, 11) is 0. The second-order valence-electron chi connectivity index (χ2n) is 8.46. The molecule has 4 aromatic carbocycles. The minimum absolute atomic E-state index is 1.14. The predicted octanol–water partition coefficient (Wildman–Crippen LogP) is 7.99. The Kier molecular flexibility index (Phi) is 4.09. The van der Waals surface area contributed by atoms with Crippen LogP contribution in [0.15, 0.2) is 97.6 Å². The predicted molar refractivity (Wildman–Crippen MR) is 137 cm³/mol. The van der Waals surface area contributed by atoms with E-state index < -0.39 is 0 Å². The van der Waals surface area contributed by atoms with Crippen LogP contribution >= 0.6 is 0 Å². The maximum absolute atomic E-state index is 4.12. The number of hydrogen-bond acceptors (Lipinski definition) is 0. The van der Waals surface area contributed by atoms with Gasteiger partial charge in [0.05, 0.1) is 16.6 Å². The first-order valence-electron chi connectivity index (χ1n) is 11.0. The zero-order valence-corrected chi connectivity index (χ0v) is 18.3. The zero-order chi connectivity index (χ0) is 21.8. The molecule has 0 saturated carbocycles. The number of nitrogens with zero attached hydrogens (tertiary/aromatic N) is 2. The van der Waals surface area contributed by atoms with Crippen LogP contribution in [0.2, 0.25) is 0 Å². The van der Waals surface area contributed by atoms with Gasteiger partial charge in [-0.25, -0.2) is 0 Å². The van der Waals surface area contributed by atoms with Crippen molar-refractivity contribution in [3.05, 3.63) is 114 Å². The molecule has 0 spiro atoms. The fraction of sp³-hybridized carbons (Fsp3) is 0.0667. The van der Waals surface area contributed by atoms with E-state index in [1.54, 1.807) is 0 Å². The lowest BCUT2D eigenvalue weighted by atomic mass is 10.1. The Balaban J connectivity index is 1.70. The lowest BCUT2D eigenvalue weighted by Crippen LogP contribution is -2.01. The number of fused-ring (bicyclic) bond motifs is 4. The Morgan fingerprint density at radius 3 is 1.62 bits per heavy atom. The third kappa shape index (κ3) is 2.59. The molecule has 2 nitrogen and oxygen atoms in total. The lowest BCUT2D eigenvalue weighted by Gasteiger charge is -2.15. The molecule has 2 aromatic heterocycles. The van der Waals surface area contributed by atoms with Crippen molar-refractivity contribution in [2.45, 2.75) is 13.8 Å². The van der Waals surface area contributed by atoms with Crippen LogP contribution in [0.5, 0.6) is 0 Å². The van der Waals surface area contributed by atoms with E-state index in [2.05, 4.69) is 121 Å². The summed E-state index contributed by atoms with van der Waals surface area (Å²) in [5.41, 5.74) is 9.61. The van der Waals surface area contributed by atoms with Crippen molar-refractivity contribution < 1.29 is 0 Å². The Hall–Kier alpha value is -4.04. The molecule has 2 heterocycles. The lowest BCUT2D eigenvalue weighted by molar-refractivity contribution is 1.07. The quantitative estimate of drug-likeness (QED) is 0.279. The molecular formula is C30H24N2. The molecule has 0 bridgehead atoms. The number of aromatic nitrogens is 2. The number of aryl methyl sites for hydroxylation is 2. The highest BCUT2D eigenvalue weighted by Gasteiger charge is 2.16. The van der Waals surface area contributed by atoms with Crippen molar-refractivity contribution in [3.8, 4) is 11.4 Å². The smallest absolute Gasteiger partial charge is 0.0541 e. The van der Waals surface area contributed by atoms with Crippen LogP contribution in [0, 0.1) is 13.8 Å². The first-order chi connectivity index (χ1) is 15.7. The Morgan fingerprint density at radius 2 is 1.06 bits per heavy atom. The highest BCUT2D eigenvalue weighted by atomic mass is 15.0. The molecule has 0 saturated heterocycles. The van der Waals surface area contributed by atoms with Gasteiger partial charge in [0.15, 0.2) is 0 Å². The normalized spacial score (nSPS) is 11.6. The molecule has 0 unspecified atom stereocenters. The minimum Gasteiger partial charge on any atom is -0.310 e. The summed E-state index contributed by atoms with van der Waals surface area (Å²) in [4.78, 5) is 0. The minimum atomic E-state index is 1.14. The second kappa shape index (κ2) is 7.00. The fourth-order valence-electron chi connectivity index (χ4n) is 5.15.